The van der Waals surface area contributed by atoms with Crippen molar-refractivity contribution in [1.82, 2.24) is 0 Å². The van der Waals surface area contributed by atoms with Gasteiger partial charge in [-0.25, -0.2) is 0 Å². The lowest BCUT2D eigenvalue weighted by Gasteiger charge is -2.24. The lowest BCUT2D eigenvalue weighted by Crippen LogP contribution is -2.21. The fourth-order valence-electron chi connectivity index (χ4n) is 2.18. The predicted octanol–water partition coefficient (Wildman–Crippen LogP) is 2.98. The van der Waals surface area contributed by atoms with E-state index in [1.807, 2.05) is 43.3 Å². The molecule has 0 spiro atoms. The van der Waals surface area contributed by atoms with Crippen LogP contribution < -0.4 is 10.6 Å². The number of carboxylic acids is 1. The van der Waals surface area contributed by atoms with Crippen LogP contribution in [0.4, 0.5) is 0 Å². The van der Waals surface area contributed by atoms with Gasteiger partial charge in [-0.3, -0.25) is 4.79 Å². The van der Waals surface area contributed by atoms with Crippen molar-refractivity contribution in [2.24, 2.45) is 0 Å². The molecule has 1 atom stereocenters. The second kappa shape index (κ2) is 6.49. The van der Waals surface area contributed by atoms with Gasteiger partial charge in [0.2, 0.25) is 0 Å². The highest BCUT2D eigenvalue weighted by molar-refractivity contribution is 7.73. The van der Waals surface area contributed by atoms with Crippen molar-refractivity contribution in [2.45, 2.75) is 19.0 Å². The van der Waals surface area contributed by atoms with Crippen LogP contribution in [0.2, 0.25) is 0 Å². The molecule has 0 saturated carbocycles. The Hall–Kier alpha value is -1.66. The molecule has 0 aliphatic heterocycles. The van der Waals surface area contributed by atoms with Crippen LogP contribution in [-0.4, -0.2) is 16.7 Å². The summed E-state index contributed by atoms with van der Waals surface area (Å²) in [4.78, 5) is 11.0. The highest BCUT2D eigenvalue weighted by Crippen LogP contribution is 2.40. The number of carbonyl (C=O) groups is 1. The Bertz CT molecular complexity index is 485. The van der Waals surface area contributed by atoms with E-state index < -0.39 is 13.9 Å². The highest BCUT2D eigenvalue weighted by atomic mass is 31.1. The van der Waals surface area contributed by atoms with Crippen LogP contribution in [0.5, 0.6) is 0 Å². The molecule has 0 aromatic heterocycles. The van der Waals surface area contributed by atoms with Gasteiger partial charge in [0, 0.05) is 0 Å². The van der Waals surface area contributed by atoms with E-state index in [0.29, 0.717) is 0 Å². The van der Waals surface area contributed by atoms with E-state index >= 15 is 0 Å². The largest absolute Gasteiger partial charge is 0.481 e. The van der Waals surface area contributed by atoms with Crippen LogP contribution in [-0.2, 0) is 4.79 Å². The van der Waals surface area contributed by atoms with Crippen molar-refractivity contribution in [2.75, 3.05) is 0 Å². The van der Waals surface area contributed by atoms with E-state index in [0.717, 1.165) is 0 Å². The van der Waals surface area contributed by atoms with E-state index in [-0.39, 0.29) is 12.1 Å². The van der Waals surface area contributed by atoms with Gasteiger partial charge < -0.3 is 5.11 Å². The van der Waals surface area contributed by atoms with E-state index in [9.17, 15) is 4.79 Å². The molecule has 0 aliphatic carbocycles. The Kier molecular flexibility index (Phi) is 4.70. The van der Waals surface area contributed by atoms with Crippen molar-refractivity contribution in [3.63, 3.8) is 0 Å². The molecule has 0 bridgehead atoms. The molecule has 3 heteroatoms. The van der Waals surface area contributed by atoms with Crippen LogP contribution in [0, 0.1) is 0 Å². The van der Waals surface area contributed by atoms with Gasteiger partial charge >= 0.3 is 5.97 Å². The average Bonchev–Trinajstić information content (AvgIpc) is 2.40. The van der Waals surface area contributed by atoms with Gasteiger partial charge in [0.25, 0.3) is 0 Å². The molecule has 0 unspecified atom stereocenters. The molecule has 19 heavy (non-hydrogen) atoms. The first-order chi connectivity index (χ1) is 9.18. The minimum Gasteiger partial charge on any atom is -0.481 e. The third-order valence-electron chi connectivity index (χ3n) is 2.98. The normalized spacial score (nSPS) is 12.3. The van der Waals surface area contributed by atoms with Crippen LogP contribution in [0.25, 0.3) is 0 Å². The number of benzene rings is 2. The Balaban J connectivity index is 2.37. The fraction of sp³-hybridized carbons (Fsp3) is 0.188. The number of carboxylic acid groups (broad SMARTS) is 1. The fourth-order valence-corrected chi connectivity index (χ4v) is 4.82. The summed E-state index contributed by atoms with van der Waals surface area (Å²) in [6.07, 6.45) is 0.204. The van der Waals surface area contributed by atoms with Gasteiger partial charge in [-0.05, 0) is 24.2 Å². The summed E-state index contributed by atoms with van der Waals surface area (Å²) in [6, 6.07) is 20.4. The SMILES string of the molecule is C[C@@H](CC(=O)O)P(c1ccccc1)c1ccccc1. The number of rotatable bonds is 5. The van der Waals surface area contributed by atoms with Crippen LogP contribution in [0.3, 0.4) is 0 Å². The van der Waals surface area contributed by atoms with E-state index in [1.54, 1.807) is 0 Å². The van der Waals surface area contributed by atoms with E-state index in [2.05, 4.69) is 24.3 Å². The molecule has 0 radical (unpaired) electrons. The Morgan fingerprint density at radius 2 is 1.42 bits per heavy atom. The summed E-state index contributed by atoms with van der Waals surface area (Å²) >= 11 is 0. The molecule has 0 fully saturated rings. The molecule has 0 heterocycles. The van der Waals surface area contributed by atoms with Crippen molar-refractivity contribution in [1.29, 1.82) is 0 Å². The quantitative estimate of drug-likeness (QED) is 0.850. The summed E-state index contributed by atoms with van der Waals surface area (Å²) in [5.41, 5.74) is 0.122. The number of hydrogen-bond acceptors (Lipinski definition) is 1. The molecular weight excluding hydrogens is 255 g/mol. The molecule has 2 aromatic rings. The minimum atomic E-state index is -0.730. The lowest BCUT2D eigenvalue weighted by molar-refractivity contribution is -0.136. The van der Waals surface area contributed by atoms with Crippen molar-refractivity contribution in [3.8, 4) is 0 Å². The lowest BCUT2D eigenvalue weighted by atomic mass is 10.3. The first-order valence-corrected chi connectivity index (χ1v) is 7.70. The maximum atomic E-state index is 11.0. The topological polar surface area (TPSA) is 37.3 Å². The summed E-state index contributed by atoms with van der Waals surface area (Å²) in [6.45, 7) is 2.03. The molecule has 2 rings (SSSR count). The first-order valence-electron chi connectivity index (χ1n) is 6.29. The van der Waals surface area contributed by atoms with E-state index in [4.69, 9.17) is 5.11 Å². The molecule has 2 nitrogen and oxygen atoms in total. The predicted molar refractivity (Wildman–Crippen MR) is 80.8 cm³/mol. The number of hydrogen-bond donors (Lipinski definition) is 1. The van der Waals surface area contributed by atoms with Crippen molar-refractivity contribution < 1.29 is 9.90 Å². The molecule has 1 N–H and O–H groups in total. The smallest absolute Gasteiger partial charge is 0.303 e. The first kappa shape index (κ1) is 13.8. The highest BCUT2D eigenvalue weighted by Gasteiger charge is 2.22. The summed E-state index contributed by atoms with van der Waals surface area (Å²) < 4.78 is 0. The van der Waals surface area contributed by atoms with Gasteiger partial charge in [0.1, 0.15) is 0 Å². The third kappa shape index (κ3) is 3.65. The van der Waals surface area contributed by atoms with Crippen molar-refractivity contribution in [3.05, 3.63) is 60.7 Å². The standard InChI is InChI=1S/C16H17O2P/c1-13(12-16(17)18)19(14-8-4-2-5-9-14)15-10-6-3-7-11-15/h2-11,13H,12H2,1H3,(H,17,18)/t13-/m0/s1. The second-order valence-corrected chi connectivity index (χ2v) is 7.14. The monoisotopic (exact) mass is 272 g/mol. The van der Waals surface area contributed by atoms with Crippen LogP contribution >= 0.6 is 7.92 Å². The van der Waals surface area contributed by atoms with Gasteiger partial charge in [-0.1, -0.05) is 67.6 Å². The van der Waals surface area contributed by atoms with Crippen LogP contribution in [0.1, 0.15) is 13.3 Å². The zero-order chi connectivity index (χ0) is 13.7. The third-order valence-corrected chi connectivity index (χ3v) is 5.75. The Labute approximate surface area is 114 Å². The van der Waals surface area contributed by atoms with Gasteiger partial charge in [-0.2, -0.15) is 0 Å². The zero-order valence-corrected chi connectivity index (χ0v) is 11.8. The number of aliphatic carboxylic acids is 1. The van der Waals surface area contributed by atoms with Gasteiger partial charge in [0.05, 0.1) is 6.42 Å². The molecular formula is C16H17O2P. The molecule has 0 saturated heterocycles. The summed E-state index contributed by atoms with van der Waals surface area (Å²) in [7, 11) is -0.625. The molecule has 0 amide bonds. The van der Waals surface area contributed by atoms with Gasteiger partial charge in [-0.15, -0.1) is 0 Å². The summed E-state index contributed by atoms with van der Waals surface area (Å²) in [5, 5.41) is 11.5. The maximum absolute atomic E-state index is 11.0. The Morgan fingerprint density at radius 1 is 1.00 bits per heavy atom. The molecule has 98 valence electrons. The minimum absolute atomic E-state index is 0.122. The van der Waals surface area contributed by atoms with Gasteiger partial charge in [0.15, 0.2) is 0 Å². The van der Waals surface area contributed by atoms with Crippen molar-refractivity contribution >= 4 is 24.5 Å². The average molecular weight is 272 g/mol. The van der Waals surface area contributed by atoms with Crippen LogP contribution in [0.15, 0.2) is 60.7 Å². The molecule has 0 aliphatic rings. The summed E-state index contributed by atoms with van der Waals surface area (Å²) in [5.74, 6) is -0.730. The molecule has 2 aromatic carbocycles. The van der Waals surface area contributed by atoms with E-state index in [1.165, 1.54) is 10.6 Å². The zero-order valence-electron chi connectivity index (χ0n) is 10.9. The Morgan fingerprint density at radius 3 is 1.79 bits per heavy atom. The maximum Gasteiger partial charge on any atom is 0.303 e. The second-order valence-electron chi connectivity index (χ2n) is 4.49.